The zero-order chi connectivity index (χ0) is 14.7. The van der Waals surface area contributed by atoms with E-state index >= 15 is 0 Å². The number of nitrogens with one attached hydrogen (secondary N) is 1. The molecule has 0 fully saturated rings. The van der Waals surface area contributed by atoms with E-state index in [2.05, 4.69) is 16.4 Å². The summed E-state index contributed by atoms with van der Waals surface area (Å²) in [5.41, 5.74) is 3.89. The van der Waals surface area contributed by atoms with Crippen molar-refractivity contribution >= 4 is 11.5 Å². The molecule has 2 heterocycles. The molecule has 0 radical (unpaired) electrons. The summed E-state index contributed by atoms with van der Waals surface area (Å²) in [6.07, 6.45) is 1.78. The Morgan fingerprint density at radius 1 is 1.45 bits per heavy atom. The Hall–Kier alpha value is -2.48. The standard InChI is InChI=1S/C15H19N5/c1-11-12(8-13(9-16)20(11)4)10-18-14-6-5-7-17-15(14)19(2)3/h5-8,18H,10H2,1-4H3. The van der Waals surface area contributed by atoms with E-state index in [1.165, 1.54) is 0 Å². The second-order valence-corrected chi connectivity index (χ2v) is 4.93. The third-order valence-corrected chi connectivity index (χ3v) is 3.43. The van der Waals surface area contributed by atoms with Crippen LogP contribution in [-0.2, 0) is 13.6 Å². The van der Waals surface area contributed by atoms with E-state index in [4.69, 9.17) is 5.26 Å². The molecule has 20 heavy (non-hydrogen) atoms. The van der Waals surface area contributed by atoms with Crippen molar-refractivity contribution < 1.29 is 0 Å². The van der Waals surface area contributed by atoms with E-state index in [1.807, 2.05) is 55.7 Å². The summed E-state index contributed by atoms with van der Waals surface area (Å²) in [5.74, 6) is 0.904. The van der Waals surface area contributed by atoms with Gasteiger partial charge in [0.15, 0.2) is 5.82 Å². The predicted molar refractivity (Wildman–Crippen MR) is 80.8 cm³/mol. The van der Waals surface area contributed by atoms with E-state index in [-0.39, 0.29) is 0 Å². The maximum Gasteiger partial charge on any atom is 0.151 e. The first-order valence-electron chi connectivity index (χ1n) is 6.46. The number of nitrogens with zero attached hydrogens (tertiary/aromatic N) is 4. The number of aromatic nitrogens is 2. The van der Waals surface area contributed by atoms with E-state index in [0.717, 1.165) is 22.8 Å². The third-order valence-electron chi connectivity index (χ3n) is 3.43. The topological polar surface area (TPSA) is 56.9 Å². The van der Waals surface area contributed by atoms with Crippen LogP contribution >= 0.6 is 0 Å². The van der Waals surface area contributed by atoms with Gasteiger partial charge in [-0.15, -0.1) is 0 Å². The molecule has 104 valence electrons. The highest BCUT2D eigenvalue weighted by atomic mass is 15.2. The lowest BCUT2D eigenvalue weighted by atomic mass is 10.2. The summed E-state index contributed by atoms with van der Waals surface area (Å²) in [4.78, 5) is 6.33. The fourth-order valence-corrected chi connectivity index (χ4v) is 2.13. The van der Waals surface area contributed by atoms with Gasteiger partial charge in [0.25, 0.3) is 0 Å². The molecule has 5 nitrogen and oxygen atoms in total. The predicted octanol–water partition coefficient (Wildman–Crippen LogP) is 2.28. The Labute approximate surface area is 119 Å². The Kier molecular flexibility index (Phi) is 3.94. The SMILES string of the molecule is Cc1c(CNc2cccnc2N(C)C)cc(C#N)n1C. The van der Waals surface area contributed by atoms with Gasteiger partial charge < -0.3 is 14.8 Å². The minimum absolute atomic E-state index is 0.674. The smallest absolute Gasteiger partial charge is 0.151 e. The summed E-state index contributed by atoms with van der Waals surface area (Å²) >= 11 is 0. The van der Waals surface area contributed by atoms with Gasteiger partial charge in [0.05, 0.1) is 5.69 Å². The molecule has 0 aliphatic heterocycles. The molecule has 1 N–H and O–H groups in total. The number of hydrogen-bond acceptors (Lipinski definition) is 4. The lowest BCUT2D eigenvalue weighted by Gasteiger charge is -2.16. The molecule has 5 heteroatoms. The van der Waals surface area contributed by atoms with Gasteiger partial charge >= 0.3 is 0 Å². The molecule has 0 saturated carbocycles. The van der Waals surface area contributed by atoms with E-state index in [0.29, 0.717) is 12.2 Å². The van der Waals surface area contributed by atoms with Gasteiger partial charge in [-0.2, -0.15) is 5.26 Å². The number of anilines is 2. The van der Waals surface area contributed by atoms with Crippen LogP contribution in [-0.4, -0.2) is 23.6 Å². The van der Waals surface area contributed by atoms with Crippen molar-refractivity contribution in [3.63, 3.8) is 0 Å². The Bertz CT molecular complexity index is 649. The fourth-order valence-electron chi connectivity index (χ4n) is 2.13. The summed E-state index contributed by atoms with van der Waals surface area (Å²) < 4.78 is 1.91. The first-order valence-corrected chi connectivity index (χ1v) is 6.46. The third kappa shape index (κ3) is 2.59. The van der Waals surface area contributed by atoms with Crippen LogP contribution in [0.3, 0.4) is 0 Å². The lowest BCUT2D eigenvalue weighted by molar-refractivity contribution is 0.856. The van der Waals surface area contributed by atoms with Gasteiger partial charge in [0.2, 0.25) is 0 Å². The summed E-state index contributed by atoms with van der Waals surface area (Å²) in [5, 5.41) is 12.4. The Balaban J connectivity index is 2.20. The van der Waals surface area contributed by atoms with Gasteiger partial charge in [-0.3, -0.25) is 0 Å². The monoisotopic (exact) mass is 269 g/mol. The van der Waals surface area contributed by atoms with Gasteiger partial charge in [-0.1, -0.05) is 0 Å². The van der Waals surface area contributed by atoms with Crippen LogP contribution in [0.25, 0.3) is 0 Å². The van der Waals surface area contributed by atoms with Crippen LogP contribution in [0, 0.1) is 18.3 Å². The van der Waals surface area contributed by atoms with Crippen LogP contribution in [0.1, 0.15) is 17.0 Å². The normalized spacial score (nSPS) is 10.2. The second kappa shape index (κ2) is 5.66. The zero-order valence-electron chi connectivity index (χ0n) is 12.3. The van der Waals surface area contributed by atoms with Gasteiger partial charge in [0.1, 0.15) is 11.8 Å². The van der Waals surface area contributed by atoms with Gasteiger partial charge in [0, 0.05) is 39.6 Å². The number of pyridine rings is 1. The molecule has 0 aliphatic carbocycles. The van der Waals surface area contributed by atoms with Crippen molar-refractivity contribution in [2.24, 2.45) is 7.05 Å². The fraction of sp³-hybridized carbons (Fsp3) is 0.333. The highest BCUT2D eigenvalue weighted by Crippen LogP contribution is 2.22. The van der Waals surface area contributed by atoms with Crippen molar-refractivity contribution in [1.82, 2.24) is 9.55 Å². The van der Waals surface area contributed by atoms with Gasteiger partial charge in [-0.05, 0) is 30.7 Å². The molecule has 0 saturated heterocycles. The molecular formula is C15H19N5. The van der Waals surface area contributed by atoms with Crippen LogP contribution in [0.4, 0.5) is 11.5 Å². The lowest BCUT2D eigenvalue weighted by Crippen LogP contribution is -2.13. The minimum atomic E-state index is 0.674. The van der Waals surface area contributed by atoms with Crippen LogP contribution in [0.2, 0.25) is 0 Å². The summed E-state index contributed by atoms with van der Waals surface area (Å²) in [6.45, 7) is 2.70. The number of rotatable bonds is 4. The molecule has 0 atom stereocenters. The molecular weight excluding hydrogens is 250 g/mol. The van der Waals surface area contributed by atoms with Crippen LogP contribution < -0.4 is 10.2 Å². The highest BCUT2D eigenvalue weighted by Gasteiger charge is 2.10. The largest absolute Gasteiger partial charge is 0.378 e. The van der Waals surface area contributed by atoms with Crippen molar-refractivity contribution in [2.75, 3.05) is 24.3 Å². The van der Waals surface area contributed by atoms with Crippen molar-refractivity contribution in [3.05, 3.63) is 41.3 Å². The maximum atomic E-state index is 9.05. The quantitative estimate of drug-likeness (QED) is 0.925. The van der Waals surface area contributed by atoms with Gasteiger partial charge in [-0.25, -0.2) is 4.98 Å². The maximum absolute atomic E-state index is 9.05. The average Bonchev–Trinajstić information content (AvgIpc) is 2.72. The molecule has 2 rings (SSSR count). The summed E-state index contributed by atoms with van der Waals surface area (Å²) in [6, 6.07) is 8.04. The Morgan fingerprint density at radius 3 is 2.80 bits per heavy atom. The number of nitriles is 1. The highest BCUT2D eigenvalue weighted by molar-refractivity contribution is 5.64. The average molecular weight is 269 g/mol. The molecule has 0 amide bonds. The van der Waals surface area contributed by atoms with Crippen LogP contribution in [0.5, 0.6) is 0 Å². The molecule has 2 aromatic heterocycles. The second-order valence-electron chi connectivity index (χ2n) is 4.93. The van der Waals surface area contributed by atoms with Crippen molar-refractivity contribution in [1.29, 1.82) is 5.26 Å². The molecule has 0 aliphatic rings. The Morgan fingerprint density at radius 2 is 2.20 bits per heavy atom. The molecule has 0 aromatic carbocycles. The molecule has 2 aromatic rings. The van der Waals surface area contributed by atoms with E-state index < -0.39 is 0 Å². The van der Waals surface area contributed by atoms with Crippen LogP contribution in [0.15, 0.2) is 24.4 Å². The van der Waals surface area contributed by atoms with Crippen molar-refractivity contribution in [2.45, 2.75) is 13.5 Å². The van der Waals surface area contributed by atoms with E-state index in [9.17, 15) is 0 Å². The first kappa shape index (κ1) is 13.9. The zero-order valence-corrected chi connectivity index (χ0v) is 12.3. The van der Waals surface area contributed by atoms with E-state index in [1.54, 1.807) is 6.20 Å². The van der Waals surface area contributed by atoms with Crippen molar-refractivity contribution in [3.8, 4) is 6.07 Å². The minimum Gasteiger partial charge on any atom is -0.378 e. The summed E-state index contributed by atoms with van der Waals surface area (Å²) in [7, 11) is 5.84. The first-order chi connectivity index (χ1) is 9.54. The number of hydrogen-bond donors (Lipinski definition) is 1. The molecule has 0 spiro atoms. The molecule has 0 unspecified atom stereocenters. The molecule has 0 bridgehead atoms.